The summed E-state index contributed by atoms with van der Waals surface area (Å²) >= 11 is 7.09. The fourth-order valence-corrected chi connectivity index (χ4v) is 4.75. The summed E-state index contributed by atoms with van der Waals surface area (Å²) in [5, 5.41) is 7.94. The lowest BCUT2D eigenvalue weighted by molar-refractivity contribution is 0.240. The van der Waals surface area contributed by atoms with Gasteiger partial charge in [-0.05, 0) is 37.1 Å². The van der Waals surface area contributed by atoms with Crippen LogP contribution in [0.5, 0.6) is 0 Å². The molecule has 24 heavy (non-hydrogen) atoms. The third-order valence-electron chi connectivity index (χ3n) is 3.57. The molecular formula is C14H15ClN4O3S2. The van der Waals surface area contributed by atoms with E-state index in [1.807, 2.05) is 0 Å². The highest BCUT2D eigenvalue weighted by molar-refractivity contribution is 7.89. The van der Waals surface area contributed by atoms with Crippen molar-refractivity contribution in [2.45, 2.75) is 23.9 Å². The number of amides is 2. The molecule has 2 amide bonds. The van der Waals surface area contributed by atoms with Gasteiger partial charge in [-0.1, -0.05) is 11.6 Å². The van der Waals surface area contributed by atoms with Crippen LogP contribution in [0.1, 0.15) is 12.8 Å². The van der Waals surface area contributed by atoms with Crippen molar-refractivity contribution in [3.8, 4) is 0 Å². The monoisotopic (exact) mass is 386 g/mol. The van der Waals surface area contributed by atoms with Crippen LogP contribution in [0.2, 0.25) is 5.02 Å². The molecule has 1 aliphatic rings. The number of hydrogen-bond donors (Lipinski definition) is 2. The van der Waals surface area contributed by atoms with E-state index in [0.29, 0.717) is 29.5 Å². The minimum atomic E-state index is -3.69. The van der Waals surface area contributed by atoms with Gasteiger partial charge in [0.2, 0.25) is 10.0 Å². The minimum Gasteiger partial charge on any atom is -0.321 e. The van der Waals surface area contributed by atoms with Crippen LogP contribution in [0.15, 0.2) is 40.7 Å². The molecule has 0 bridgehead atoms. The second-order valence-corrected chi connectivity index (χ2v) is 8.38. The zero-order valence-electron chi connectivity index (χ0n) is 12.5. The Kier molecular flexibility index (Phi) is 5.04. The smallest absolute Gasteiger partial charge is 0.321 e. The van der Waals surface area contributed by atoms with E-state index >= 15 is 0 Å². The molecule has 3 rings (SSSR count). The number of thiazole rings is 1. The Hall–Kier alpha value is -1.68. The van der Waals surface area contributed by atoms with Crippen molar-refractivity contribution in [1.29, 1.82) is 0 Å². The lowest BCUT2D eigenvalue weighted by Gasteiger charge is -2.24. The Balaban J connectivity index is 1.72. The quantitative estimate of drug-likeness (QED) is 0.845. The molecule has 1 aliphatic heterocycles. The number of carbonyl (C=O) groups excluding carboxylic acids is 1. The number of aromatic nitrogens is 1. The first-order chi connectivity index (χ1) is 11.5. The summed E-state index contributed by atoms with van der Waals surface area (Å²) in [7, 11) is -3.69. The first-order valence-corrected chi connectivity index (χ1v) is 9.91. The Morgan fingerprint density at radius 1 is 1.33 bits per heavy atom. The Morgan fingerprint density at radius 3 is 2.75 bits per heavy atom. The number of nitrogens with zero attached hydrogens (tertiary/aromatic N) is 2. The first kappa shape index (κ1) is 17.2. The van der Waals surface area contributed by atoms with E-state index < -0.39 is 22.2 Å². The standard InChI is InChI=1S/C14H15ClN4O3S2/c15-10-3-5-11(6-4-10)24(21,22)19-8-1-2-12(19)17-13(20)18-14-16-7-9-23-14/h3-7,9,12H,1-2,8H2,(H2,16,17,18,20). The number of rotatable bonds is 4. The molecule has 2 heterocycles. The number of nitrogens with one attached hydrogen (secondary N) is 2. The third-order valence-corrected chi connectivity index (χ3v) is 6.44. The molecule has 1 fully saturated rings. The summed E-state index contributed by atoms with van der Waals surface area (Å²) in [5.74, 6) is 0. The molecule has 1 saturated heterocycles. The molecule has 2 N–H and O–H groups in total. The van der Waals surface area contributed by atoms with Crippen LogP contribution in [0.4, 0.5) is 9.93 Å². The van der Waals surface area contributed by atoms with E-state index in [2.05, 4.69) is 15.6 Å². The zero-order chi connectivity index (χ0) is 17.2. The van der Waals surface area contributed by atoms with E-state index in [-0.39, 0.29) is 4.90 Å². The van der Waals surface area contributed by atoms with Crippen LogP contribution >= 0.6 is 22.9 Å². The third kappa shape index (κ3) is 3.69. The maximum Gasteiger partial charge on any atom is 0.322 e. The van der Waals surface area contributed by atoms with E-state index in [4.69, 9.17) is 11.6 Å². The van der Waals surface area contributed by atoms with Gasteiger partial charge in [0.1, 0.15) is 0 Å². The van der Waals surface area contributed by atoms with Gasteiger partial charge in [-0.25, -0.2) is 18.2 Å². The van der Waals surface area contributed by atoms with Crippen LogP contribution < -0.4 is 10.6 Å². The molecule has 2 aromatic rings. The second-order valence-electron chi connectivity index (χ2n) is 5.16. The van der Waals surface area contributed by atoms with Crippen molar-refractivity contribution in [3.05, 3.63) is 40.9 Å². The van der Waals surface area contributed by atoms with Gasteiger partial charge < -0.3 is 5.32 Å². The molecule has 1 unspecified atom stereocenters. The summed E-state index contributed by atoms with van der Waals surface area (Å²) in [4.78, 5) is 16.1. The van der Waals surface area contributed by atoms with Gasteiger partial charge in [-0.2, -0.15) is 4.31 Å². The number of benzene rings is 1. The van der Waals surface area contributed by atoms with Gasteiger partial charge >= 0.3 is 6.03 Å². The minimum absolute atomic E-state index is 0.154. The fourth-order valence-electron chi connectivity index (χ4n) is 2.48. The predicted octanol–water partition coefficient (Wildman–Crippen LogP) is 2.73. The van der Waals surface area contributed by atoms with Crippen LogP contribution in [-0.2, 0) is 10.0 Å². The largest absolute Gasteiger partial charge is 0.322 e. The molecule has 10 heteroatoms. The first-order valence-electron chi connectivity index (χ1n) is 7.21. The normalized spacial score (nSPS) is 18.5. The lowest BCUT2D eigenvalue weighted by Crippen LogP contribution is -2.48. The number of carbonyl (C=O) groups is 1. The van der Waals surface area contributed by atoms with Gasteiger partial charge in [0, 0.05) is 23.1 Å². The predicted molar refractivity (Wildman–Crippen MR) is 92.6 cm³/mol. The number of hydrogen-bond acceptors (Lipinski definition) is 5. The van der Waals surface area contributed by atoms with Crippen LogP contribution in [-0.4, -0.2) is 36.4 Å². The molecule has 0 radical (unpaired) electrons. The lowest BCUT2D eigenvalue weighted by atomic mass is 10.3. The highest BCUT2D eigenvalue weighted by Crippen LogP contribution is 2.25. The summed E-state index contributed by atoms with van der Waals surface area (Å²) in [6, 6.07) is 5.50. The molecule has 1 atom stereocenters. The van der Waals surface area contributed by atoms with Gasteiger partial charge in [0.15, 0.2) is 5.13 Å². The molecule has 0 aliphatic carbocycles. The van der Waals surface area contributed by atoms with Crippen LogP contribution in [0.3, 0.4) is 0 Å². The topological polar surface area (TPSA) is 91.4 Å². The number of halogens is 1. The SMILES string of the molecule is O=C(Nc1nccs1)NC1CCCN1S(=O)(=O)c1ccc(Cl)cc1. The molecule has 128 valence electrons. The number of urea groups is 1. The Morgan fingerprint density at radius 2 is 2.08 bits per heavy atom. The van der Waals surface area contributed by atoms with Crippen molar-refractivity contribution in [2.75, 3.05) is 11.9 Å². The van der Waals surface area contributed by atoms with E-state index in [1.54, 1.807) is 11.6 Å². The fraction of sp³-hybridized carbons (Fsp3) is 0.286. The van der Waals surface area contributed by atoms with Crippen LogP contribution in [0, 0.1) is 0 Å². The van der Waals surface area contributed by atoms with Gasteiger partial charge in [-0.15, -0.1) is 11.3 Å². The molecule has 1 aromatic carbocycles. The highest BCUT2D eigenvalue weighted by atomic mass is 35.5. The number of sulfonamides is 1. The molecule has 1 aromatic heterocycles. The molecular weight excluding hydrogens is 372 g/mol. The average molecular weight is 387 g/mol. The molecule has 7 nitrogen and oxygen atoms in total. The molecule has 0 saturated carbocycles. The van der Waals surface area contributed by atoms with Gasteiger partial charge in [0.25, 0.3) is 0 Å². The summed E-state index contributed by atoms with van der Waals surface area (Å²) in [6.07, 6.45) is 2.21. The van der Waals surface area contributed by atoms with Crippen molar-refractivity contribution < 1.29 is 13.2 Å². The Bertz CT molecular complexity index is 809. The second kappa shape index (κ2) is 7.06. The molecule has 0 spiro atoms. The van der Waals surface area contributed by atoms with Crippen LogP contribution in [0.25, 0.3) is 0 Å². The summed E-state index contributed by atoms with van der Waals surface area (Å²) < 4.78 is 26.8. The van der Waals surface area contributed by atoms with Gasteiger partial charge in [-0.3, -0.25) is 5.32 Å². The van der Waals surface area contributed by atoms with E-state index in [9.17, 15) is 13.2 Å². The number of anilines is 1. The average Bonchev–Trinajstić information content (AvgIpc) is 3.19. The zero-order valence-corrected chi connectivity index (χ0v) is 14.9. The van der Waals surface area contributed by atoms with Crippen molar-refractivity contribution >= 4 is 44.1 Å². The van der Waals surface area contributed by atoms with E-state index in [0.717, 1.165) is 0 Å². The van der Waals surface area contributed by atoms with Gasteiger partial charge in [0.05, 0.1) is 11.1 Å². The highest BCUT2D eigenvalue weighted by Gasteiger charge is 2.36. The van der Waals surface area contributed by atoms with Crippen molar-refractivity contribution in [3.63, 3.8) is 0 Å². The summed E-state index contributed by atoms with van der Waals surface area (Å²) in [6.45, 7) is 0.354. The maximum atomic E-state index is 12.8. The Labute approximate surface area is 148 Å². The van der Waals surface area contributed by atoms with Crippen molar-refractivity contribution in [2.24, 2.45) is 0 Å². The summed E-state index contributed by atoms with van der Waals surface area (Å²) in [5.41, 5.74) is 0. The maximum absolute atomic E-state index is 12.8. The van der Waals surface area contributed by atoms with Crippen molar-refractivity contribution in [1.82, 2.24) is 14.6 Å². The van der Waals surface area contributed by atoms with E-state index in [1.165, 1.54) is 39.9 Å².